The normalized spacial score (nSPS) is 17.5. The van der Waals surface area contributed by atoms with E-state index in [0.29, 0.717) is 18.9 Å². The number of fused-ring (bicyclic) bond motifs is 1. The first-order valence-corrected chi connectivity index (χ1v) is 11.5. The minimum atomic E-state index is -1.03. The van der Waals surface area contributed by atoms with E-state index in [1.165, 1.54) is 12.8 Å². The van der Waals surface area contributed by atoms with Crippen LogP contribution in [0.1, 0.15) is 67.7 Å². The van der Waals surface area contributed by atoms with Gasteiger partial charge < -0.3 is 14.7 Å². The van der Waals surface area contributed by atoms with Crippen LogP contribution in [0, 0.1) is 0 Å². The molecule has 3 aromatic rings. The molecule has 2 aliphatic rings. The Labute approximate surface area is 187 Å². The summed E-state index contributed by atoms with van der Waals surface area (Å²) in [4.78, 5) is 23.4. The van der Waals surface area contributed by atoms with E-state index in [1.807, 2.05) is 23.0 Å². The van der Waals surface area contributed by atoms with Crippen molar-refractivity contribution < 1.29 is 14.6 Å². The van der Waals surface area contributed by atoms with Gasteiger partial charge in [0, 0.05) is 24.8 Å². The molecule has 0 unspecified atom stereocenters. The third-order valence-corrected chi connectivity index (χ3v) is 6.52. The van der Waals surface area contributed by atoms with Crippen LogP contribution in [0.5, 0.6) is 0 Å². The van der Waals surface area contributed by atoms with Gasteiger partial charge in [0.05, 0.1) is 30.3 Å². The van der Waals surface area contributed by atoms with E-state index < -0.39 is 5.97 Å². The number of carbonyl (C=O) groups is 1. The van der Waals surface area contributed by atoms with Crippen molar-refractivity contribution in [3.8, 4) is 11.1 Å². The van der Waals surface area contributed by atoms with Gasteiger partial charge in [-0.3, -0.25) is 0 Å². The van der Waals surface area contributed by atoms with Gasteiger partial charge in [-0.15, -0.1) is 0 Å². The number of carboxylic acid groups (broad SMARTS) is 1. The fourth-order valence-corrected chi connectivity index (χ4v) is 4.83. The fraction of sp³-hybridized carbons (Fsp3) is 0.500. The summed E-state index contributed by atoms with van der Waals surface area (Å²) >= 11 is 0. The van der Waals surface area contributed by atoms with Crippen LogP contribution in [0.3, 0.4) is 0 Å². The molecule has 1 aliphatic heterocycles. The SMILES string of the molecule is CC(C)c1nn(C2CCCC2)c2nc(C(=O)O)cc(-c3ccc(N4CCOCC4)nc3)c12. The molecule has 1 aliphatic carbocycles. The molecule has 8 nitrogen and oxygen atoms in total. The summed E-state index contributed by atoms with van der Waals surface area (Å²) in [7, 11) is 0. The molecule has 168 valence electrons. The van der Waals surface area contributed by atoms with Crippen LogP contribution in [0.4, 0.5) is 5.82 Å². The lowest BCUT2D eigenvalue weighted by molar-refractivity contribution is 0.0691. The highest BCUT2D eigenvalue weighted by atomic mass is 16.5. The minimum Gasteiger partial charge on any atom is -0.477 e. The molecule has 1 saturated carbocycles. The smallest absolute Gasteiger partial charge is 0.354 e. The number of aromatic carboxylic acids is 1. The van der Waals surface area contributed by atoms with E-state index in [0.717, 1.165) is 54.0 Å². The van der Waals surface area contributed by atoms with Gasteiger partial charge in [-0.25, -0.2) is 19.4 Å². The van der Waals surface area contributed by atoms with Crippen molar-refractivity contribution in [3.63, 3.8) is 0 Å². The van der Waals surface area contributed by atoms with Crippen LogP contribution in [-0.4, -0.2) is 57.1 Å². The van der Waals surface area contributed by atoms with Gasteiger partial charge in [0.2, 0.25) is 0 Å². The summed E-state index contributed by atoms with van der Waals surface area (Å²) in [6.07, 6.45) is 6.28. The predicted octanol–water partition coefficient (Wildman–Crippen LogP) is 4.27. The van der Waals surface area contributed by atoms with Crippen molar-refractivity contribution in [2.75, 3.05) is 31.2 Å². The van der Waals surface area contributed by atoms with Crippen LogP contribution in [-0.2, 0) is 4.74 Å². The number of morpholine rings is 1. The highest BCUT2D eigenvalue weighted by Crippen LogP contribution is 2.38. The molecule has 0 amide bonds. The standard InChI is InChI=1S/C24H29N5O3/c1-15(2)22-21-18(16-7-8-20(25-14-16)28-9-11-32-12-10-28)13-19(24(30)31)26-23(21)29(27-22)17-5-3-4-6-17/h7-8,13-15,17H,3-6,9-12H2,1-2H3,(H,30,31). The molecule has 1 N–H and O–H groups in total. The zero-order valence-corrected chi connectivity index (χ0v) is 18.6. The second-order valence-electron chi connectivity index (χ2n) is 8.99. The molecule has 2 fully saturated rings. The van der Waals surface area contributed by atoms with E-state index >= 15 is 0 Å². The van der Waals surface area contributed by atoms with Crippen molar-refractivity contribution >= 4 is 22.8 Å². The third-order valence-electron chi connectivity index (χ3n) is 6.52. The summed E-state index contributed by atoms with van der Waals surface area (Å²) < 4.78 is 7.43. The van der Waals surface area contributed by atoms with Crippen LogP contribution in [0.25, 0.3) is 22.2 Å². The lowest BCUT2D eigenvalue weighted by Crippen LogP contribution is -2.36. The second-order valence-corrected chi connectivity index (χ2v) is 8.99. The summed E-state index contributed by atoms with van der Waals surface area (Å²) in [5.74, 6) is 0.0693. The first kappa shape index (κ1) is 20.9. The molecule has 32 heavy (non-hydrogen) atoms. The molecule has 8 heteroatoms. The highest BCUT2D eigenvalue weighted by molar-refractivity contribution is 5.99. The number of rotatable bonds is 5. The minimum absolute atomic E-state index is 0.0409. The summed E-state index contributed by atoms with van der Waals surface area (Å²) in [5, 5.41) is 15.7. The Balaban J connectivity index is 1.66. The molecular formula is C24H29N5O3. The van der Waals surface area contributed by atoms with E-state index in [1.54, 1.807) is 6.07 Å². The van der Waals surface area contributed by atoms with Crippen molar-refractivity contribution in [2.45, 2.75) is 51.5 Å². The van der Waals surface area contributed by atoms with Crippen molar-refractivity contribution in [1.82, 2.24) is 19.7 Å². The first-order chi connectivity index (χ1) is 15.5. The van der Waals surface area contributed by atoms with Crippen molar-refractivity contribution in [2.24, 2.45) is 0 Å². The quantitative estimate of drug-likeness (QED) is 0.640. The van der Waals surface area contributed by atoms with Gasteiger partial charge in [-0.1, -0.05) is 26.7 Å². The van der Waals surface area contributed by atoms with E-state index in [2.05, 4.69) is 23.7 Å². The van der Waals surface area contributed by atoms with Crippen molar-refractivity contribution in [1.29, 1.82) is 0 Å². The molecule has 1 saturated heterocycles. The van der Waals surface area contributed by atoms with Crippen LogP contribution >= 0.6 is 0 Å². The monoisotopic (exact) mass is 435 g/mol. The number of pyridine rings is 2. The maximum Gasteiger partial charge on any atom is 0.354 e. The Morgan fingerprint density at radius 2 is 1.94 bits per heavy atom. The molecule has 4 heterocycles. The zero-order valence-electron chi connectivity index (χ0n) is 18.6. The number of ether oxygens (including phenoxy) is 1. The predicted molar refractivity (Wildman–Crippen MR) is 122 cm³/mol. The molecule has 0 spiro atoms. The van der Waals surface area contributed by atoms with Crippen LogP contribution in [0.15, 0.2) is 24.4 Å². The van der Waals surface area contributed by atoms with Crippen LogP contribution in [0.2, 0.25) is 0 Å². The van der Waals surface area contributed by atoms with Gasteiger partial charge in [-0.2, -0.15) is 5.10 Å². The highest BCUT2D eigenvalue weighted by Gasteiger charge is 2.27. The molecular weight excluding hydrogens is 406 g/mol. The molecule has 5 rings (SSSR count). The number of anilines is 1. The van der Waals surface area contributed by atoms with Gasteiger partial charge in [0.1, 0.15) is 5.82 Å². The Bertz CT molecular complexity index is 1130. The maximum absolute atomic E-state index is 11.9. The molecule has 0 aromatic carbocycles. The van der Waals surface area contributed by atoms with Gasteiger partial charge in [0.25, 0.3) is 0 Å². The lowest BCUT2D eigenvalue weighted by atomic mass is 9.98. The number of nitrogens with zero attached hydrogens (tertiary/aromatic N) is 5. The van der Waals surface area contributed by atoms with E-state index in [-0.39, 0.29) is 17.7 Å². The number of hydrogen-bond donors (Lipinski definition) is 1. The Morgan fingerprint density at radius 1 is 1.19 bits per heavy atom. The summed E-state index contributed by atoms with van der Waals surface area (Å²) in [6.45, 7) is 7.29. The van der Waals surface area contributed by atoms with Gasteiger partial charge >= 0.3 is 5.97 Å². The lowest BCUT2D eigenvalue weighted by Gasteiger charge is -2.27. The largest absolute Gasteiger partial charge is 0.477 e. The summed E-state index contributed by atoms with van der Waals surface area (Å²) in [5.41, 5.74) is 3.39. The first-order valence-electron chi connectivity index (χ1n) is 11.5. The Kier molecular flexibility index (Phi) is 5.55. The van der Waals surface area contributed by atoms with E-state index in [4.69, 9.17) is 14.8 Å². The van der Waals surface area contributed by atoms with E-state index in [9.17, 15) is 9.90 Å². The summed E-state index contributed by atoms with van der Waals surface area (Å²) in [6, 6.07) is 5.97. The second kappa shape index (κ2) is 8.50. The molecule has 3 aromatic heterocycles. The molecule has 0 radical (unpaired) electrons. The van der Waals surface area contributed by atoms with Crippen LogP contribution < -0.4 is 4.90 Å². The zero-order chi connectivity index (χ0) is 22.2. The third kappa shape index (κ3) is 3.72. The Morgan fingerprint density at radius 3 is 2.56 bits per heavy atom. The van der Waals surface area contributed by atoms with Crippen molar-refractivity contribution in [3.05, 3.63) is 35.8 Å². The maximum atomic E-state index is 11.9. The number of carboxylic acids is 1. The fourth-order valence-electron chi connectivity index (χ4n) is 4.83. The average molecular weight is 436 g/mol. The van der Waals surface area contributed by atoms with Gasteiger partial charge in [-0.05, 0) is 42.5 Å². The number of aromatic nitrogens is 4. The molecule has 0 bridgehead atoms. The number of hydrogen-bond acceptors (Lipinski definition) is 6. The van der Waals surface area contributed by atoms with Gasteiger partial charge in [0.15, 0.2) is 11.3 Å². The average Bonchev–Trinajstić information content (AvgIpc) is 3.47. The Hall–Kier alpha value is -3.00. The topological polar surface area (TPSA) is 93.4 Å². The molecule has 0 atom stereocenters.